The Labute approximate surface area is 103 Å². The van der Waals surface area contributed by atoms with Gasteiger partial charge >= 0.3 is 0 Å². The van der Waals surface area contributed by atoms with E-state index in [0.29, 0.717) is 5.75 Å². The van der Waals surface area contributed by atoms with Gasteiger partial charge in [-0.15, -0.1) is 0 Å². The Morgan fingerprint density at radius 3 is 2.50 bits per heavy atom. The monoisotopic (exact) mass is 278 g/mol. The van der Waals surface area contributed by atoms with Crippen molar-refractivity contribution in [1.82, 2.24) is 0 Å². The molecule has 0 fully saturated rings. The summed E-state index contributed by atoms with van der Waals surface area (Å²) < 4.78 is 6.62. The maximum atomic E-state index is 9.19. The molecular formula is C13H11BrO2. The summed E-state index contributed by atoms with van der Waals surface area (Å²) in [6.45, 7) is -0.0323. The van der Waals surface area contributed by atoms with Gasteiger partial charge < -0.3 is 9.84 Å². The minimum Gasteiger partial charge on any atom is -0.457 e. The smallest absolute Gasteiger partial charge is 0.134 e. The lowest BCUT2D eigenvalue weighted by Crippen LogP contribution is -1.91. The first-order valence-electron chi connectivity index (χ1n) is 4.92. The normalized spacial score (nSPS) is 10.1. The molecule has 0 spiro atoms. The Bertz CT molecular complexity index is 469. The van der Waals surface area contributed by atoms with Gasteiger partial charge in [-0.2, -0.15) is 0 Å². The molecule has 2 aromatic carbocycles. The van der Waals surface area contributed by atoms with Crippen molar-refractivity contribution in [2.45, 2.75) is 6.61 Å². The summed E-state index contributed by atoms with van der Waals surface area (Å²) in [5.74, 6) is 1.43. The summed E-state index contributed by atoms with van der Waals surface area (Å²) in [7, 11) is 0. The zero-order chi connectivity index (χ0) is 11.4. The molecule has 0 aliphatic heterocycles. The van der Waals surface area contributed by atoms with Gasteiger partial charge in [0.2, 0.25) is 0 Å². The first-order chi connectivity index (χ1) is 7.79. The molecule has 2 aromatic rings. The van der Waals surface area contributed by atoms with Crippen LogP contribution in [-0.2, 0) is 6.61 Å². The van der Waals surface area contributed by atoms with Gasteiger partial charge in [0.25, 0.3) is 0 Å². The van der Waals surface area contributed by atoms with E-state index in [-0.39, 0.29) is 6.61 Å². The van der Waals surface area contributed by atoms with Crippen LogP contribution in [0.15, 0.2) is 53.0 Å². The molecule has 16 heavy (non-hydrogen) atoms. The Hall–Kier alpha value is -1.32. The minimum atomic E-state index is -0.0323. The zero-order valence-electron chi connectivity index (χ0n) is 8.56. The molecule has 82 valence electrons. The summed E-state index contributed by atoms with van der Waals surface area (Å²) in [6, 6.07) is 15.1. The van der Waals surface area contributed by atoms with E-state index in [1.807, 2.05) is 48.5 Å². The molecule has 0 bridgehead atoms. The highest BCUT2D eigenvalue weighted by molar-refractivity contribution is 9.10. The van der Waals surface area contributed by atoms with Crippen LogP contribution in [0.4, 0.5) is 0 Å². The number of hydrogen-bond acceptors (Lipinski definition) is 2. The van der Waals surface area contributed by atoms with E-state index in [0.717, 1.165) is 15.8 Å². The fraction of sp³-hybridized carbons (Fsp3) is 0.0769. The summed E-state index contributed by atoms with van der Waals surface area (Å²) >= 11 is 3.38. The van der Waals surface area contributed by atoms with E-state index in [4.69, 9.17) is 4.74 Å². The fourth-order valence-corrected chi connectivity index (χ4v) is 1.71. The summed E-state index contributed by atoms with van der Waals surface area (Å²) in [4.78, 5) is 0. The van der Waals surface area contributed by atoms with Crippen molar-refractivity contribution in [3.8, 4) is 11.5 Å². The standard InChI is InChI=1S/C13H11BrO2/c14-11-7-6-10(9-15)13(8-11)16-12-4-2-1-3-5-12/h1-8,15H,9H2. The highest BCUT2D eigenvalue weighted by atomic mass is 79.9. The lowest BCUT2D eigenvalue weighted by molar-refractivity contribution is 0.276. The average molecular weight is 279 g/mol. The maximum absolute atomic E-state index is 9.19. The Morgan fingerprint density at radius 1 is 1.06 bits per heavy atom. The van der Waals surface area contributed by atoms with Gasteiger partial charge in [-0.25, -0.2) is 0 Å². The van der Waals surface area contributed by atoms with Crippen molar-refractivity contribution < 1.29 is 9.84 Å². The van der Waals surface area contributed by atoms with Crippen LogP contribution in [0.25, 0.3) is 0 Å². The number of para-hydroxylation sites is 1. The van der Waals surface area contributed by atoms with E-state index in [1.54, 1.807) is 0 Å². The number of aliphatic hydroxyl groups excluding tert-OH is 1. The van der Waals surface area contributed by atoms with Crippen molar-refractivity contribution in [3.05, 3.63) is 58.6 Å². The Kier molecular flexibility index (Phi) is 3.59. The predicted molar refractivity (Wildman–Crippen MR) is 66.6 cm³/mol. The first kappa shape index (κ1) is 11.2. The second-order valence-electron chi connectivity index (χ2n) is 3.33. The molecule has 2 nitrogen and oxygen atoms in total. The van der Waals surface area contributed by atoms with Crippen LogP contribution >= 0.6 is 15.9 Å². The van der Waals surface area contributed by atoms with Crippen LogP contribution in [0.1, 0.15) is 5.56 Å². The molecule has 0 atom stereocenters. The van der Waals surface area contributed by atoms with E-state index in [9.17, 15) is 5.11 Å². The number of ether oxygens (including phenoxy) is 1. The quantitative estimate of drug-likeness (QED) is 0.927. The third-order valence-corrected chi connectivity index (χ3v) is 2.66. The number of halogens is 1. The molecule has 0 unspecified atom stereocenters. The van der Waals surface area contributed by atoms with Crippen molar-refractivity contribution in [3.63, 3.8) is 0 Å². The Balaban J connectivity index is 2.30. The van der Waals surface area contributed by atoms with Crippen LogP contribution in [0.2, 0.25) is 0 Å². The summed E-state index contributed by atoms with van der Waals surface area (Å²) in [6.07, 6.45) is 0. The van der Waals surface area contributed by atoms with Crippen LogP contribution in [0.5, 0.6) is 11.5 Å². The molecule has 0 amide bonds. The molecule has 0 aliphatic carbocycles. The second-order valence-corrected chi connectivity index (χ2v) is 4.24. The molecule has 0 aliphatic rings. The van der Waals surface area contributed by atoms with Gasteiger partial charge in [0.1, 0.15) is 11.5 Å². The molecule has 1 N–H and O–H groups in total. The van der Waals surface area contributed by atoms with Crippen molar-refractivity contribution in [2.75, 3.05) is 0 Å². The number of aliphatic hydroxyl groups is 1. The highest BCUT2D eigenvalue weighted by Crippen LogP contribution is 2.28. The third-order valence-electron chi connectivity index (χ3n) is 2.17. The second kappa shape index (κ2) is 5.14. The largest absolute Gasteiger partial charge is 0.457 e. The Morgan fingerprint density at radius 2 is 1.81 bits per heavy atom. The number of hydrogen-bond donors (Lipinski definition) is 1. The van der Waals surface area contributed by atoms with Crippen molar-refractivity contribution >= 4 is 15.9 Å². The van der Waals surface area contributed by atoms with E-state index < -0.39 is 0 Å². The zero-order valence-corrected chi connectivity index (χ0v) is 10.1. The van der Waals surface area contributed by atoms with E-state index >= 15 is 0 Å². The van der Waals surface area contributed by atoms with Gasteiger partial charge in [-0.05, 0) is 24.3 Å². The van der Waals surface area contributed by atoms with Gasteiger partial charge in [0.15, 0.2) is 0 Å². The number of benzene rings is 2. The van der Waals surface area contributed by atoms with E-state index in [2.05, 4.69) is 15.9 Å². The van der Waals surface area contributed by atoms with Gasteiger partial charge in [0.05, 0.1) is 6.61 Å². The molecule has 2 rings (SSSR count). The molecule has 0 heterocycles. The molecular weight excluding hydrogens is 268 g/mol. The molecule has 0 saturated heterocycles. The van der Waals surface area contributed by atoms with Gasteiger partial charge in [0, 0.05) is 10.0 Å². The fourth-order valence-electron chi connectivity index (χ4n) is 1.37. The molecule has 3 heteroatoms. The van der Waals surface area contributed by atoms with Crippen LogP contribution < -0.4 is 4.74 Å². The lowest BCUT2D eigenvalue weighted by atomic mass is 10.2. The first-order valence-corrected chi connectivity index (χ1v) is 5.71. The average Bonchev–Trinajstić information content (AvgIpc) is 2.31. The van der Waals surface area contributed by atoms with Crippen molar-refractivity contribution in [1.29, 1.82) is 0 Å². The predicted octanol–water partition coefficient (Wildman–Crippen LogP) is 3.73. The third kappa shape index (κ3) is 2.62. The highest BCUT2D eigenvalue weighted by Gasteiger charge is 2.04. The SMILES string of the molecule is OCc1ccc(Br)cc1Oc1ccccc1. The van der Waals surface area contributed by atoms with Crippen LogP contribution in [-0.4, -0.2) is 5.11 Å². The summed E-state index contributed by atoms with van der Waals surface area (Å²) in [5.41, 5.74) is 0.770. The van der Waals surface area contributed by atoms with Crippen LogP contribution in [0.3, 0.4) is 0 Å². The minimum absolute atomic E-state index is 0.0323. The molecule has 0 aromatic heterocycles. The van der Waals surface area contributed by atoms with Gasteiger partial charge in [-0.3, -0.25) is 0 Å². The van der Waals surface area contributed by atoms with E-state index in [1.165, 1.54) is 0 Å². The van der Waals surface area contributed by atoms with Gasteiger partial charge in [-0.1, -0.05) is 40.2 Å². The maximum Gasteiger partial charge on any atom is 0.134 e. The van der Waals surface area contributed by atoms with Crippen molar-refractivity contribution in [2.24, 2.45) is 0 Å². The van der Waals surface area contributed by atoms with Crippen LogP contribution in [0, 0.1) is 0 Å². The molecule has 0 saturated carbocycles. The molecule has 0 radical (unpaired) electrons. The topological polar surface area (TPSA) is 29.5 Å². The lowest BCUT2D eigenvalue weighted by Gasteiger charge is -2.09. The number of rotatable bonds is 3. The summed E-state index contributed by atoms with van der Waals surface area (Å²) in [5, 5.41) is 9.19.